The fourth-order valence-electron chi connectivity index (χ4n) is 2.16. The molecule has 0 spiro atoms. The Kier molecular flexibility index (Phi) is 4.58. The quantitative estimate of drug-likeness (QED) is 0.848. The van der Waals surface area contributed by atoms with Crippen LogP contribution in [-0.2, 0) is 10.2 Å². The Hall–Kier alpha value is -1.55. The van der Waals surface area contributed by atoms with Crippen molar-refractivity contribution in [2.24, 2.45) is 0 Å². The van der Waals surface area contributed by atoms with Gasteiger partial charge in [0.05, 0.1) is 12.5 Å². The summed E-state index contributed by atoms with van der Waals surface area (Å²) in [5.41, 5.74) is 5.42. The standard InChI is InChI=1S/C15H24N2O2/c1-10-11(2)13(19-7)9-8-12(10)15(3,4)14(18)16-17(5)6/h8-9H,1-7H3,(H,16,18). The van der Waals surface area contributed by atoms with Crippen molar-refractivity contribution in [3.05, 3.63) is 28.8 Å². The number of nitrogens with zero attached hydrogens (tertiary/aromatic N) is 1. The van der Waals surface area contributed by atoms with E-state index in [2.05, 4.69) is 5.43 Å². The first kappa shape index (κ1) is 15.5. The highest BCUT2D eigenvalue weighted by molar-refractivity contribution is 5.87. The van der Waals surface area contributed by atoms with Gasteiger partial charge in [-0.2, -0.15) is 0 Å². The molecule has 0 saturated carbocycles. The molecule has 1 rings (SSSR count). The zero-order valence-corrected chi connectivity index (χ0v) is 12.9. The smallest absolute Gasteiger partial charge is 0.244 e. The molecule has 0 aromatic heterocycles. The lowest BCUT2D eigenvalue weighted by molar-refractivity contribution is -0.129. The van der Waals surface area contributed by atoms with Crippen LogP contribution in [0.4, 0.5) is 0 Å². The summed E-state index contributed by atoms with van der Waals surface area (Å²) >= 11 is 0. The second-order valence-electron chi connectivity index (χ2n) is 5.53. The average Bonchev–Trinajstić information content (AvgIpc) is 2.31. The molecule has 19 heavy (non-hydrogen) atoms. The molecule has 106 valence electrons. The summed E-state index contributed by atoms with van der Waals surface area (Å²) in [6.45, 7) is 7.90. The van der Waals surface area contributed by atoms with Crippen molar-refractivity contribution in [1.82, 2.24) is 10.4 Å². The van der Waals surface area contributed by atoms with Crippen LogP contribution in [0.25, 0.3) is 0 Å². The van der Waals surface area contributed by atoms with E-state index in [1.54, 1.807) is 26.2 Å². The van der Waals surface area contributed by atoms with Crippen LogP contribution in [0.15, 0.2) is 12.1 Å². The third kappa shape index (κ3) is 3.07. The number of methoxy groups -OCH3 is 1. The summed E-state index contributed by atoms with van der Waals surface area (Å²) in [7, 11) is 5.27. The van der Waals surface area contributed by atoms with Crippen LogP contribution in [0.2, 0.25) is 0 Å². The summed E-state index contributed by atoms with van der Waals surface area (Å²) in [4.78, 5) is 12.3. The highest BCUT2D eigenvalue weighted by atomic mass is 16.5. The molecule has 1 aromatic rings. The third-order valence-corrected chi connectivity index (χ3v) is 3.52. The molecule has 0 fully saturated rings. The topological polar surface area (TPSA) is 41.6 Å². The van der Waals surface area contributed by atoms with Gasteiger partial charge >= 0.3 is 0 Å². The van der Waals surface area contributed by atoms with Crippen LogP contribution < -0.4 is 10.2 Å². The van der Waals surface area contributed by atoms with Gasteiger partial charge in [0.1, 0.15) is 5.75 Å². The molecular formula is C15H24N2O2. The molecule has 0 atom stereocenters. The maximum absolute atomic E-state index is 12.3. The molecule has 0 radical (unpaired) electrons. The molecule has 0 bridgehead atoms. The fourth-order valence-corrected chi connectivity index (χ4v) is 2.16. The monoisotopic (exact) mass is 264 g/mol. The van der Waals surface area contributed by atoms with Gasteiger partial charge in [0.15, 0.2) is 0 Å². The number of hydrogen-bond acceptors (Lipinski definition) is 3. The van der Waals surface area contributed by atoms with Gasteiger partial charge < -0.3 is 4.74 Å². The molecule has 0 aliphatic heterocycles. The predicted molar refractivity (Wildman–Crippen MR) is 77.3 cm³/mol. The molecule has 1 aromatic carbocycles. The number of nitrogens with one attached hydrogen (secondary N) is 1. The van der Waals surface area contributed by atoms with Gasteiger partial charge in [-0.05, 0) is 50.5 Å². The lowest BCUT2D eigenvalue weighted by Gasteiger charge is -2.28. The van der Waals surface area contributed by atoms with Gasteiger partial charge in [-0.1, -0.05) is 6.07 Å². The molecule has 0 aliphatic rings. The number of rotatable bonds is 4. The van der Waals surface area contributed by atoms with E-state index in [4.69, 9.17) is 4.74 Å². The molecular weight excluding hydrogens is 240 g/mol. The predicted octanol–water partition coefficient (Wildman–Crippen LogP) is 2.18. The highest BCUT2D eigenvalue weighted by Gasteiger charge is 2.32. The normalized spacial score (nSPS) is 11.6. The van der Waals surface area contributed by atoms with E-state index in [0.29, 0.717) is 0 Å². The molecule has 4 nitrogen and oxygen atoms in total. The van der Waals surface area contributed by atoms with Crippen molar-refractivity contribution in [2.45, 2.75) is 33.1 Å². The number of carbonyl (C=O) groups is 1. The number of hydrogen-bond donors (Lipinski definition) is 1. The van der Waals surface area contributed by atoms with Gasteiger partial charge in [0.25, 0.3) is 0 Å². The highest BCUT2D eigenvalue weighted by Crippen LogP contribution is 2.32. The van der Waals surface area contributed by atoms with Crippen LogP contribution in [0.1, 0.15) is 30.5 Å². The largest absolute Gasteiger partial charge is 0.496 e. The first-order valence-electron chi connectivity index (χ1n) is 6.35. The molecule has 1 amide bonds. The van der Waals surface area contributed by atoms with Gasteiger partial charge in [-0.25, -0.2) is 5.01 Å². The second-order valence-corrected chi connectivity index (χ2v) is 5.53. The summed E-state index contributed by atoms with van der Waals surface area (Å²) in [5.74, 6) is 0.829. The van der Waals surface area contributed by atoms with Gasteiger partial charge in [-0.3, -0.25) is 10.2 Å². The first-order valence-corrected chi connectivity index (χ1v) is 6.35. The zero-order chi connectivity index (χ0) is 14.8. The van der Waals surface area contributed by atoms with Crippen molar-refractivity contribution in [3.8, 4) is 5.75 Å². The Morgan fingerprint density at radius 1 is 1.21 bits per heavy atom. The Labute approximate surface area is 115 Å². The number of hydrazine groups is 1. The van der Waals surface area contributed by atoms with E-state index in [0.717, 1.165) is 22.4 Å². The lowest BCUT2D eigenvalue weighted by Crippen LogP contribution is -2.46. The van der Waals surface area contributed by atoms with E-state index >= 15 is 0 Å². The van der Waals surface area contributed by atoms with E-state index in [1.165, 1.54) is 0 Å². The van der Waals surface area contributed by atoms with E-state index in [1.807, 2.05) is 39.8 Å². The Morgan fingerprint density at radius 3 is 2.26 bits per heavy atom. The number of amides is 1. The zero-order valence-electron chi connectivity index (χ0n) is 12.9. The summed E-state index contributed by atoms with van der Waals surface area (Å²) in [6, 6.07) is 3.89. The minimum absolute atomic E-state index is 0.0230. The van der Waals surface area contributed by atoms with Gasteiger partial charge in [-0.15, -0.1) is 0 Å². The van der Waals surface area contributed by atoms with E-state index in [9.17, 15) is 4.79 Å². The summed E-state index contributed by atoms with van der Waals surface area (Å²) in [5, 5.41) is 1.66. The molecule has 0 aliphatic carbocycles. The molecule has 0 unspecified atom stereocenters. The molecule has 1 N–H and O–H groups in total. The van der Waals surface area contributed by atoms with Crippen LogP contribution in [0.3, 0.4) is 0 Å². The van der Waals surface area contributed by atoms with Crippen LogP contribution in [0.5, 0.6) is 5.75 Å². The van der Waals surface area contributed by atoms with E-state index in [-0.39, 0.29) is 5.91 Å². The van der Waals surface area contributed by atoms with Crippen LogP contribution >= 0.6 is 0 Å². The SMILES string of the molecule is COc1ccc(C(C)(C)C(=O)NN(C)C)c(C)c1C. The summed E-state index contributed by atoms with van der Waals surface area (Å²) in [6.07, 6.45) is 0. The van der Waals surface area contributed by atoms with Crippen molar-refractivity contribution < 1.29 is 9.53 Å². The Bertz CT molecular complexity index is 479. The number of benzene rings is 1. The van der Waals surface area contributed by atoms with Crippen molar-refractivity contribution in [1.29, 1.82) is 0 Å². The van der Waals surface area contributed by atoms with Gasteiger partial charge in [0.2, 0.25) is 5.91 Å². The minimum Gasteiger partial charge on any atom is -0.496 e. The lowest BCUT2D eigenvalue weighted by atomic mass is 9.80. The minimum atomic E-state index is -0.592. The third-order valence-electron chi connectivity index (χ3n) is 3.52. The number of ether oxygens (including phenoxy) is 1. The maximum Gasteiger partial charge on any atom is 0.244 e. The van der Waals surface area contributed by atoms with Crippen LogP contribution in [0, 0.1) is 13.8 Å². The van der Waals surface area contributed by atoms with Gasteiger partial charge in [0, 0.05) is 14.1 Å². The first-order chi connectivity index (χ1) is 8.71. The number of carbonyl (C=O) groups excluding carboxylic acids is 1. The average molecular weight is 264 g/mol. The summed E-state index contributed by atoms with van der Waals surface area (Å²) < 4.78 is 5.31. The molecule has 0 saturated heterocycles. The maximum atomic E-state index is 12.3. The van der Waals surface area contributed by atoms with Crippen molar-refractivity contribution in [3.63, 3.8) is 0 Å². The van der Waals surface area contributed by atoms with E-state index < -0.39 is 5.41 Å². The fraction of sp³-hybridized carbons (Fsp3) is 0.533. The Morgan fingerprint density at radius 2 is 1.79 bits per heavy atom. The van der Waals surface area contributed by atoms with Crippen molar-refractivity contribution >= 4 is 5.91 Å². The molecule has 0 heterocycles. The second kappa shape index (κ2) is 5.61. The van der Waals surface area contributed by atoms with Crippen LogP contribution in [-0.4, -0.2) is 32.1 Å². The Balaban J connectivity index is 3.22. The molecule has 4 heteroatoms. The van der Waals surface area contributed by atoms with Crippen molar-refractivity contribution in [2.75, 3.05) is 21.2 Å².